The van der Waals surface area contributed by atoms with Crippen molar-refractivity contribution in [3.63, 3.8) is 0 Å². The molecule has 4 bridgehead atoms. The van der Waals surface area contributed by atoms with Crippen molar-refractivity contribution < 1.29 is 56.7 Å². The number of aliphatic hydroxyl groups is 2. The molecular weight excluding hydrogens is 1020 g/mol. The summed E-state index contributed by atoms with van der Waals surface area (Å²) in [5, 5.41) is 39.5. The van der Waals surface area contributed by atoms with Crippen molar-refractivity contribution in [2.24, 2.45) is 0 Å². The number of rotatable bonds is 15. The van der Waals surface area contributed by atoms with Gasteiger partial charge in [-0.15, -0.1) is 0 Å². The fourth-order valence-electron chi connectivity index (χ4n) is 12.4. The normalized spacial score (nSPS) is 23.3. The predicted octanol–water partition coefficient (Wildman–Crippen LogP) is 8.21. The summed E-state index contributed by atoms with van der Waals surface area (Å²) in [5.74, 6) is -2.47. The second kappa shape index (κ2) is 28.2. The third-order valence-corrected chi connectivity index (χ3v) is 17.0. The molecular formula is C62H76N4O12S. The molecule has 0 amide bonds. The summed E-state index contributed by atoms with van der Waals surface area (Å²) in [6, 6.07) is 53.1. The van der Waals surface area contributed by atoms with E-state index < -0.39 is 39.0 Å². The van der Waals surface area contributed by atoms with Crippen LogP contribution >= 0.6 is 0 Å². The monoisotopic (exact) mass is 1100 g/mol. The lowest BCUT2D eigenvalue weighted by molar-refractivity contribution is -0.156. The maximum atomic E-state index is 12.4. The Bertz CT molecular complexity index is 2690. The number of carboxylic acids is 1. The topological polar surface area (TPSA) is 238 Å². The lowest BCUT2D eigenvalue weighted by atomic mass is 9.71. The van der Waals surface area contributed by atoms with Crippen LogP contribution in [0.15, 0.2) is 152 Å². The first-order valence-electron chi connectivity index (χ1n) is 27.4. The molecule has 5 saturated heterocycles. The van der Waals surface area contributed by atoms with Gasteiger partial charge in [-0.3, -0.25) is 23.5 Å². The number of hydrogen-bond acceptors (Lipinski definition) is 13. The van der Waals surface area contributed by atoms with Gasteiger partial charge in [0, 0.05) is 30.7 Å². The maximum Gasteiger partial charge on any atom is 0.394 e. The zero-order valence-corrected chi connectivity index (χ0v) is 46.0. The van der Waals surface area contributed by atoms with Gasteiger partial charge in [0.1, 0.15) is 29.5 Å². The molecule has 422 valence electrons. The van der Waals surface area contributed by atoms with Gasteiger partial charge < -0.3 is 39.5 Å². The number of nitriles is 1. The number of nitrogens with zero attached hydrogens (tertiary/aromatic N) is 4. The van der Waals surface area contributed by atoms with Gasteiger partial charge in [-0.05, 0) is 126 Å². The molecule has 5 heterocycles. The summed E-state index contributed by atoms with van der Waals surface area (Å²) in [4.78, 5) is 44.1. The highest BCUT2D eigenvalue weighted by Gasteiger charge is 2.45. The first-order valence-corrected chi connectivity index (χ1v) is 28.8. The number of carboxylic acid groups (broad SMARTS) is 1. The SMILES string of the molecule is CN1[C@@H]2CC[C@H]1CC(OC(=O)C(CO)c1ccccc1)C2.CN1[C@@H]2CC[C@H]1CC(OC(=O)C(CO)c1ccccc1)C2.N#CC(CCN1CCC(C(=O)O)(c2ccccc2)CC1)(c1ccccc1)c1ccccc1.O=S(=O)(O)O. The molecule has 5 fully saturated rings. The zero-order valence-electron chi connectivity index (χ0n) is 45.2. The third-order valence-electron chi connectivity index (χ3n) is 17.0. The summed E-state index contributed by atoms with van der Waals surface area (Å²) < 4.78 is 43.0. The number of esters is 2. The molecule has 0 radical (unpaired) electrons. The van der Waals surface area contributed by atoms with E-state index in [4.69, 9.17) is 27.0 Å². The molecule has 8 atom stereocenters. The largest absolute Gasteiger partial charge is 0.481 e. The van der Waals surface area contributed by atoms with Crippen LogP contribution in [0, 0.1) is 11.3 Å². The summed E-state index contributed by atoms with van der Waals surface area (Å²) in [7, 11) is -0.332. The molecule has 0 spiro atoms. The maximum absolute atomic E-state index is 12.4. The van der Waals surface area contributed by atoms with Gasteiger partial charge in [-0.1, -0.05) is 152 Å². The molecule has 79 heavy (non-hydrogen) atoms. The van der Waals surface area contributed by atoms with Crippen molar-refractivity contribution in [2.45, 2.75) is 130 Å². The molecule has 0 aliphatic carbocycles. The fourth-order valence-corrected chi connectivity index (χ4v) is 12.4. The Morgan fingerprint density at radius 3 is 1.25 bits per heavy atom. The summed E-state index contributed by atoms with van der Waals surface area (Å²) in [6.07, 6.45) is 10.3. The minimum Gasteiger partial charge on any atom is -0.481 e. The number of ether oxygens (including phenoxy) is 2. The highest BCUT2D eigenvalue weighted by Crippen LogP contribution is 2.40. The second-order valence-electron chi connectivity index (χ2n) is 21.5. The first-order chi connectivity index (χ1) is 38.0. The van der Waals surface area contributed by atoms with Gasteiger partial charge in [-0.2, -0.15) is 13.7 Å². The average Bonchev–Trinajstić information content (AvgIpc) is 3.82. The summed E-state index contributed by atoms with van der Waals surface area (Å²) in [6.45, 7) is 1.73. The zero-order chi connectivity index (χ0) is 56.6. The molecule has 10 rings (SSSR count). The van der Waals surface area contributed by atoms with Gasteiger partial charge >= 0.3 is 28.3 Å². The van der Waals surface area contributed by atoms with E-state index in [1.807, 2.05) is 152 Å². The van der Waals surface area contributed by atoms with Crippen LogP contribution in [0.2, 0.25) is 0 Å². The van der Waals surface area contributed by atoms with Crippen molar-refractivity contribution in [2.75, 3.05) is 46.9 Å². The number of benzene rings is 5. The lowest BCUT2D eigenvalue weighted by Gasteiger charge is -2.40. The number of aliphatic carboxylic acids is 1. The van der Waals surface area contributed by atoms with E-state index in [1.54, 1.807) is 0 Å². The number of aliphatic hydroxyl groups excluding tert-OH is 2. The van der Waals surface area contributed by atoms with E-state index in [0.29, 0.717) is 56.5 Å². The Morgan fingerprint density at radius 2 is 0.937 bits per heavy atom. The van der Waals surface area contributed by atoms with E-state index in [9.17, 15) is 35.0 Å². The van der Waals surface area contributed by atoms with Crippen molar-refractivity contribution >= 4 is 28.3 Å². The van der Waals surface area contributed by atoms with Crippen LogP contribution in [0.1, 0.15) is 110 Å². The van der Waals surface area contributed by atoms with E-state index in [0.717, 1.165) is 60.0 Å². The Kier molecular flexibility index (Phi) is 21.5. The van der Waals surface area contributed by atoms with Crippen LogP contribution in [-0.4, -0.2) is 149 Å². The average molecular weight is 1100 g/mol. The Labute approximate surface area is 465 Å². The van der Waals surface area contributed by atoms with E-state index in [1.165, 1.54) is 25.7 Å². The molecule has 17 heteroatoms. The van der Waals surface area contributed by atoms with Gasteiger partial charge in [0.15, 0.2) is 0 Å². The van der Waals surface area contributed by atoms with Crippen molar-refractivity contribution in [1.29, 1.82) is 5.26 Å². The van der Waals surface area contributed by atoms with Crippen LogP contribution in [0.25, 0.3) is 0 Å². The number of hydrogen-bond donors (Lipinski definition) is 5. The molecule has 4 unspecified atom stereocenters. The lowest BCUT2D eigenvalue weighted by Crippen LogP contribution is -2.48. The Hall–Kier alpha value is -6.33. The minimum absolute atomic E-state index is 0.00367. The molecule has 5 aromatic rings. The van der Waals surface area contributed by atoms with Gasteiger partial charge in [0.05, 0.1) is 24.7 Å². The smallest absolute Gasteiger partial charge is 0.394 e. The summed E-state index contributed by atoms with van der Waals surface area (Å²) in [5.41, 5.74) is 2.95. The highest BCUT2D eigenvalue weighted by molar-refractivity contribution is 7.79. The van der Waals surface area contributed by atoms with Crippen LogP contribution in [-0.2, 0) is 45.1 Å². The minimum atomic E-state index is -4.67. The number of piperidine rings is 3. The second-order valence-corrected chi connectivity index (χ2v) is 22.4. The van der Waals surface area contributed by atoms with E-state index >= 15 is 0 Å². The standard InChI is InChI=1S/C28H28N2O2.2C17H23NO3.H2O4S/c29-22-28(24-12-6-2-7-13-24,25-14-8-3-9-15-25)18-21-30-19-16-27(17-20-30,26(31)32)23-10-4-1-5-11-23;2*1-18-13-7-8-14(18)10-15(9-13)21-17(20)16(11-19)12-5-3-2-4-6-12;1-5(2,3)4/h1-15H,16-21H2,(H,31,32);2*2-6,13-16,19H,7-11H2,1H3;(H2,1,2,3,4)/t;2*13-,14+,15?,16?;. The summed E-state index contributed by atoms with van der Waals surface area (Å²) >= 11 is 0. The van der Waals surface area contributed by atoms with E-state index in [-0.39, 0.29) is 37.4 Å². The molecule has 5 aliphatic rings. The number of carbonyl (C=O) groups is 3. The number of fused-ring (bicyclic) bond motifs is 4. The highest BCUT2D eigenvalue weighted by atomic mass is 32.3. The van der Waals surface area contributed by atoms with Gasteiger partial charge in [-0.25, -0.2) is 0 Å². The molecule has 0 saturated carbocycles. The Balaban J connectivity index is 0.000000169. The molecule has 5 N–H and O–H groups in total. The fraction of sp³-hybridized carbons (Fsp3) is 0.452. The van der Waals surface area contributed by atoms with Crippen LogP contribution in [0.3, 0.4) is 0 Å². The third kappa shape index (κ3) is 15.7. The number of carbonyl (C=O) groups excluding carboxylic acids is 2. The van der Waals surface area contributed by atoms with Crippen LogP contribution < -0.4 is 0 Å². The van der Waals surface area contributed by atoms with Gasteiger partial charge in [0.2, 0.25) is 0 Å². The first kappa shape index (κ1) is 60.3. The van der Waals surface area contributed by atoms with Crippen LogP contribution in [0.5, 0.6) is 0 Å². The van der Waals surface area contributed by atoms with Gasteiger partial charge in [0.25, 0.3) is 0 Å². The molecule has 5 aromatic carbocycles. The van der Waals surface area contributed by atoms with E-state index in [2.05, 4.69) is 34.9 Å². The molecule has 0 aromatic heterocycles. The predicted molar refractivity (Wildman–Crippen MR) is 299 cm³/mol. The number of likely N-dealkylation sites (tertiary alicyclic amines) is 1. The quantitative estimate of drug-likeness (QED) is 0.0490. The molecule has 16 nitrogen and oxygen atoms in total. The van der Waals surface area contributed by atoms with Crippen LogP contribution in [0.4, 0.5) is 0 Å². The Morgan fingerprint density at radius 1 is 0.608 bits per heavy atom. The van der Waals surface area contributed by atoms with Crippen molar-refractivity contribution in [1.82, 2.24) is 14.7 Å². The molecule has 5 aliphatic heterocycles. The van der Waals surface area contributed by atoms with Crippen molar-refractivity contribution in [3.05, 3.63) is 179 Å². The van der Waals surface area contributed by atoms with Crippen molar-refractivity contribution in [3.8, 4) is 6.07 Å².